The summed E-state index contributed by atoms with van der Waals surface area (Å²) in [6.07, 6.45) is 5.24. The Morgan fingerprint density at radius 3 is 2.72 bits per heavy atom. The molecule has 32 heavy (non-hydrogen) atoms. The molecule has 11 heteroatoms. The van der Waals surface area contributed by atoms with Crippen LogP contribution in [0.5, 0.6) is 11.6 Å². The van der Waals surface area contributed by atoms with Crippen LogP contribution in [0.4, 0.5) is 5.95 Å². The number of aromatic nitrogens is 6. The van der Waals surface area contributed by atoms with E-state index in [0.717, 1.165) is 24.2 Å². The van der Waals surface area contributed by atoms with E-state index in [0.29, 0.717) is 22.4 Å². The molecular weight excluding hydrogens is 412 g/mol. The van der Waals surface area contributed by atoms with Crippen molar-refractivity contribution in [1.29, 1.82) is 0 Å². The Labute approximate surface area is 181 Å². The van der Waals surface area contributed by atoms with Gasteiger partial charge in [-0.3, -0.25) is 4.98 Å². The van der Waals surface area contributed by atoms with Crippen molar-refractivity contribution in [2.45, 2.75) is 31.8 Å². The van der Waals surface area contributed by atoms with Crippen LogP contribution in [0.2, 0.25) is 0 Å². The molecule has 1 atom stereocenters. The number of benzene rings is 1. The summed E-state index contributed by atoms with van der Waals surface area (Å²) in [6.45, 7) is 2.01. The number of hydrogen-bond acceptors (Lipinski definition) is 8. The Bertz CT molecular complexity index is 1450. The van der Waals surface area contributed by atoms with E-state index in [1.807, 2.05) is 31.2 Å². The summed E-state index contributed by atoms with van der Waals surface area (Å²) < 4.78 is 6.79. The lowest BCUT2D eigenvalue weighted by Crippen LogP contribution is -2.25. The zero-order valence-electron chi connectivity index (χ0n) is 17.5. The van der Waals surface area contributed by atoms with Crippen LogP contribution in [-0.4, -0.2) is 47.8 Å². The second-order valence-electron chi connectivity index (χ2n) is 7.67. The fourth-order valence-corrected chi connectivity index (χ4v) is 3.31. The molecule has 1 fully saturated rings. The monoisotopic (exact) mass is 434 g/mol. The predicted molar refractivity (Wildman–Crippen MR) is 116 cm³/mol. The molecule has 4 N–H and O–H groups in total. The summed E-state index contributed by atoms with van der Waals surface area (Å²) in [5.74, 6) is 0.939. The largest absolute Gasteiger partial charge is 0.497 e. The van der Waals surface area contributed by atoms with E-state index >= 15 is 0 Å². The average molecular weight is 434 g/mol. The van der Waals surface area contributed by atoms with Gasteiger partial charge in [0.2, 0.25) is 11.8 Å². The SMILES string of the molecule is COc1ccc([C@@H](C)Nc2nc(=NC3CC3)n3nc/c(=C\c4[nH]c(=O)[nH]c4O)c3n2)cc1. The van der Waals surface area contributed by atoms with Crippen LogP contribution >= 0.6 is 0 Å². The zero-order valence-corrected chi connectivity index (χ0v) is 17.5. The molecule has 4 aromatic rings. The number of imidazole rings is 1. The van der Waals surface area contributed by atoms with Gasteiger partial charge < -0.3 is 20.1 Å². The van der Waals surface area contributed by atoms with Crippen molar-refractivity contribution >= 4 is 17.7 Å². The van der Waals surface area contributed by atoms with E-state index in [-0.39, 0.29) is 23.7 Å². The van der Waals surface area contributed by atoms with E-state index in [1.165, 1.54) is 0 Å². The highest BCUT2D eigenvalue weighted by atomic mass is 16.5. The number of H-pyrrole nitrogens is 2. The molecule has 3 aromatic heterocycles. The Balaban J connectivity index is 1.58. The summed E-state index contributed by atoms with van der Waals surface area (Å²) in [7, 11) is 1.63. The molecule has 164 valence electrons. The Kier molecular flexibility index (Phi) is 4.85. The summed E-state index contributed by atoms with van der Waals surface area (Å²) in [4.78, 5) is 30.2. The summed E-state index contributed by atoms with van der Waals surface area (Å²) in [5.41, 5.74) is 1.74. The summed E-state index contributed by atoms with van der Waals surface area (Å²) >= 11 is 0. The second kappa shape index (κ2) is 7.84. The molecule has 1 aromatic carbocycles. The van der Waals surface area contributed by atoms with Gasteiger partial charge in [-0.2, -0.15) is 19.6 Å². The molecule has 5 rings (SSSR count). The number of anilines is 1. The number of methoxy groups -OCH3 is 1. The van der Waals surface area contributed by atoms with Crippen LogP contribution in [0.15, 0.2) is 40.2 Å². The molecule has 0 radical (unpaired) electrons. The third-order valence-electron chi connectivity index (χ3n) is 5.22. The standard InChI is InChI=1S/C21H22N8O3/c1-11(12-3-7-15(32-2)8-4-12)23-19-26-17-13(9-16-18(30)27-21(31)25-16)10-22-29(17)20(28-19)24-14-5-6-14/h3-4,7-11,14,30H,5-6H2,1-2H3,(H,23,24,28)(H2,25,27,31)/b13-9+/t11-/m1/s1. The van der Waals surface area contributed by atoms with Crippen molar-refractivity contribution < 1.29 is 9.84 Å². The fraction of sp³-hybridized carbons (Fsp3) is 0.286. The van der Waals surface area contributed by atoms with Crippen LogP contribution in [0.1, 0.15) is 37.1 Å². The Morgan fingerprint density at radius 2 is 2.06 bits per heavy atom. The number of nitrogens with zero attached hydrogens (tertiary/aromatic N) is 5. The van der Waals surface area contributed by atoms with Crippen LogP contribution in [-0.2, 0) is 0 Å². The second-order valence-corrected chi connectivity index (χ2v) is 7.67. The highest BCUT2D eigenvalue weighted by Crippen LogP contribution is 2.23. The van der Waals surface area contributed by atoms with Crippen molar-refractivity contribution in [3.63, 3.8) is 0 Å². The van der Waals surface area contributed by atoms with Crippen LogP contribution in [0.25, 0.3) is 11.7 Å². The lowest BCUT2D eigenvalue weighted by atomic mass is 10.1. The van der Waals surface area contributed by atoms with E-state index in [2.05, 4.69) is 35.3 Å². The molecule has 3 heterocycles. The smallest absolute Gasteiger partial charge is 0.326 e. The minimum absolute atomic E-state index is 0.0717. The van der Waals surface area contributed by atoms with Crippen LogP contribution in [0, 0.1) is 0 Å². The van der Waals surface area contributed by atoms with Gasteiger partial charge in [0.25, 0.3) is 5.62 Å². The topological polar surface area (TPSA) is 146 Å². The minimum Gasteiger partial charge on any atom is -0.497 e. The zero-order chi connectivity index (χ0) is 22.2. The van der Waals surface area contributed by atoms with Crippen molar-refractivity contribution in [2.75, 3.05) is 12.4 Å². The molecule has 0 amide bonds. The van der Waals surface area contributed by atoms with Gasteiger partial charge in [-0.1, -0.05) is 12.1 Å². The van der Waals surface area contributed by atoms with Gasteiger partial charge in [-0.25, -0.2) is 9.79 Å². The first-order valence-corrected chi connectivity index (χ1v) is 10.2. The molecule has 0 spiro atoms. The van der Waals surface area contributed by atoms with Crippen molar-refractivity contribution in [1.82, 2.24) is 29.5 Å². The predicted octanol–water partition coefficient (Wildman–Crippen LogP) is 0.639. The van der Waals surface area contributed by atoms with Gasteiger partial charge in [0.1, 0.15) is 11.4 Å². The Hall–Kier alpha value is -4.15. The fourth-order valence-electron chi connectivity index (χ4n) is 3.31. The number of rotatable bonds is 6. The van der Waals surface area contributed by atoms with Gasteiger partial charge >= 0.3 is 5.69 Å². The van der Waals surface area contributed by atoms with Gasteiger partial charge in [-0.05, 0) is 43.5 Å². The van der Waals surface area contributed by atoms with E-state index in [1.54, 1.807) is 23.9 Å². The maximum Gasteiger partial charge on any atom is 0.326 e. The van der Waals surface area contributed by atoms with Crippen molar-refractivity contribution in [2.24, 2.45) is 4.99 Å². The molecule has 0 saturated heterocycles. The van der Waals surface area contributed by atoms with Gasteiger partial charge in [0, 0.05) is 5.22 Å². The van der Waals surface area contributed by atoms with Gasteiger partial charge in [-0.15, -0.1) is 0 Å². The average Bonchev–Trinajstić information content (AvgIpc) is 3.42. The van der Waals surface area contributed by atoms with Crippen LogP contribution in [0.3, 0.4) is 0 Å². The first-order valence-electron chi connectivity index (χ1n) is 10.2. The third kappa shape index (κ3) is 3.92. The molecule has 1 aliphatic rings. The number of fused-ring (bicyclic) bond motifs is 1. The lowest BCUT2D eigenvalue weighted by molar-refractivity contribution is 0.414. The summed E-state index contributed by atoms with van der Waals surface area (Å²) in [6, 6.07) is 7.93. The maximum absolute atomic E-state index is 11.5. The van der Waals surface area contributed by atoms with Crippen molar-refractivity contribution in [3.8, 4) is 11.6 Å². The van der Waals surface area contributed by atoms with E-state index in [4.69, 9.17) is 4.74 Å². The minimum atomic E-state index is -0.500. The van der Waals surface area contributed by atoms with Crippen LogP contribution < -0.4 is 26.6 Å². The third-order valence-corrected chi connectivity index (χ3v) is 5.22. The summed E-state index contributed by atoms with van der Waals surface area (Å²) in [5, 5.41) is 18.2. The number of nitrogens with one attached hydrogen (secondary N) is 3. The number of aromatic hydroxyl groups is 1. The van der Waals surface area contributed by atoms with E-state index < -0.39 is 5.69 Å². The normalized spacial score (nSPS) is 15.9. The number of hydrogen-bond donors (Lipinski definition) is 4. The molecule has 0 unspecified atom stereocenters. The highest BCUT2D eigenvalue weighted by molar-refractivity contribution is 5.57. The maximum atomic E-state index is 11.5. The van der Waals surface area contributed by atoms with Gasteiger partial charge in [0.05, 0.1) is 25.4 Å². The van der Waals surface area contributed by atoms with Crippen molar-refractivity contribution in [3.05, 3.63) is 63.0 Å². The van der Waals surface area contributed by atoms with Gasteiger partial charge in [0.15, 0.2) is 5.65 Å². The lowest BCUT2D eigenvalue weighted by Gasteiger charge is -2.14. The number of aromatic amines is 2. The Morgan fingerprint density at radius 1 is 1.28 bits per heavy atom. The molecular formula is C21H22N8O3. The molecule has 0 bridgehead atoms. The van der Waals surface area contributed by atoms with E-state index in [9.17, 15) is 9.90 Å². The highest BCUT2D eigenvalue weighted by Gasteiger charge is 2.21. The number of ether oxygens (including phenoxy) is 1. The quantitative estimate of drug-likeness (QED) is 0.348. The first-order chi connectivity index (χ1) is 15.5. The molecule has 0 aliphatic heterocycles. The molecule has 1 aliphatic carbocycles. The molecule has 11 nitrogen and oxygen atoms in total. The first kappa shape index (κ1) is 19.8. The molecule has 1 saturated carbocycles.